The normalized spacial score (nSPS) is 11.8. The van der Waals surface area contributed by atoms with Gasteiger partial charge in [-0.3, -0.25) is 0 Å². The SMILES string of the molecule is CCOC(=O)/C=C(/C)NCCSSCCN/C(C)=C\C(=O)OCC. The van der Waals surface area contributed by atoms with Crippen LogP contribution in [-0.2, 0) is 19.1 Å². The van der Waals surface area contributed by atoms with Crippen molar-refractivity contribution >= 4 is 33.5 Å². The number of nitrogens with one attached hydrogen (secondary N) is 2. The van der Waals surface area contributed by atoms with Gasteiger partial charge in [-0.1, -0.05) is 21.6 Å². The topological polar surface area (TPSA) is 76.7 Å². The molecule has 138 valence electrons. The molecule has 8 heteroatoms. The van der Waals surface area contributed by atoms with E-state index in [1.54, 1.807) is 35.4 Å². The minimum absolute atomic E-state index is 0.318. The molecule has 0 radical (unpaired) electrons. The molecule has 0 fully saturated rings. The Morgan fingerprint density at radius 1 is 0.833 bits per heavy atom. The molecule has 0 aliphatic rings. The summed E-state index contributed by atoms with van der Waals surface area (Å²) in [6, 6.07) is 0. The number of hydrogen-bond donors (Lipinski definition) is 2. The van der Waals surface area contributed by atoms with Gasteiger partial charge in [0.1, 0.15) is 0 Å². The maximum atomic E-state index is 11.2. The van der Waals surface area contributed by atoms with E-state index in [0.29, 0.717) is 13.2 Å². The van der Waals surface area contributed by atoms with E-state index in [-0.39, 0.29) is 11.9 Å². The molecule has 2 N–H and O–H groups in total. The van der Waals surface area contributed by atoms with Gasteiger partial charge < -0.3 is 20.1 Å². The maximum absolute atomic E-state index is 11.2. The number of hydrogen-bond acceptors (Lipinski definition) is 8. The second kappa shape index (κ2) is 15.3. The van der Waals surface area contributed by atoms with Gasteiger partial charge in [0.25, 0.3) is 0 Å². The third-order valence-electron chi connectivity index (χ3n) is 2.50. The lowest BCUT2D eigenvalue weighted by Gasteiger charge is -2.07. The molecule has 0 unspecified atom stereocenters. The summed E-state index contributed by atoms with van der Waals surface area (Å²) in [7, 11) is 3.52. The Morgan fingerprint density at radius 3 is 1.54 bits per heavy atom. The fourth-order valence-corrected chi connectivity index (χ4v) is 3.33. The first-order valence-electron chi connectivity index (χ1n) is 7.91. The number of esters is 2. The zero-order valence-corrected chi connectivity index (χ0v) is 16.5. The molecule has 0 heterocycles. The Morgan fingerprint density at radius 2 is 1.21 bits per heavy atom. The van der Waals surface area contributed by atoms with E-state index in [1.807, 2.05) is 13.8 Å². The highest BCUT2D eigenvalue weighted by atomic mass is 33.1. The Hall–Kier alpha value is -1.28. The Kier molecular flexibility index (Phi) is 14.4. The molecule has 0 aliphatic carbocycles. The fraction of sp³-hybridized carbons (Fsp3) is 0.625. The highest BCUT2D eigenvalue weighted by Crippen LogP contribution is 2.19. The molecule has 0 aromatic rings. The summed E-state index contributed by atoms with van der Waals surface area (Å²) >= 11 is 0. The van der Waals surface area contributed by atoms with Crippen LogP contribution in [0.5, 0.6) is 0 Å². The summed E-state index contributed by atoms with van der Waals surface area (Å²) in [6.45, 7) is 9.60. The molecule has 0 rings (SSSR count). The van der Waals surface area contributed by atoms with Crippen molar-refractivity contribution in [1.29, 1.82) is 0 Å². The Labute approximate surface area is 152 Å². The van der Waals surface area contributed by atoms with E-state index in [9.17, 15) is 9.59 Å². The standard InChI is InChI=1S/C16H28N2O4S2/c1-5-21-15(19)11-13(3)17-7-9-23-24-10-8-18-14(4)12-16(20)22-6-2/h11-12,17-18H,5-10H2,1-4H3/b13-11-,14-12-. The molecule has 0 bridgehead atoms. The predicted molar refractivity (Wildman–Crippen MR) is 102 cm³/mol. The summed E-state index contributed by atoms with van der Waals surface area (Å²) < 4.78 is 9.67. The monoisotopic (exact) mass is 376 g/mol. The van der Waals surface area contributed by atoms with Gasteiger partial charge >= 0.3 is 11.9 Å². The lowest BCUT2D eigenvalue weighted by molar-refractivity contribution is -0.138. The Balaban J connectivity index is 3.61. The van der Waals surface area contributed by atoms with Crippen LogP contribution in [0.25, 0.3) is 0 Å². The molecule has 0 saturated carbocycles. The molecule has 6 nitrogen and oxygen atoms in total. The van der Waals surface area contributed by atoms with Gasteiger partial charge in [-0.05, 0) is 27.7 Å². The van der Waals surface area contributed by atoms with Crippen LogP contribution in [0.15, 0.2) is 23.5 Å². The minimum Gasteiger partial charge on any atom is -0.463 e. The van der Waals surface area contributed by atoms with Gasteiger partial charge in [0.2, 0.25) is 0 Å². The quantitative estimate of drug-likeness (QED) is 0.220. The Bertz CT molecular complexity index is 400. The summed E-state index contributed by atoms with van der Waals surface area (Å²) in [5.74, 6) is 1.22. The highest BCUT2D eigenvalue weighted by Gasteiger charge is 1.99. The average Bonchev–Trinajstić information content (AvgIpc) is 2.50. The fourth-order valence-electron chi connectivity index (χ4n) is 1.52. The maximum Gasteiger partial charge on any atom is 0.332 e. The van der Waals surface area contributed by atoms with Crippen molar-refractivity contribution in [2.45, 2.75) is 27.7 Å². The van der Waals surface area contributed by atoms with Gasteiger partial charge in [-0.2, -0.15) is 0 Å². The van der Waals surface area contributed by atoms with Crippen LogP contribution in [0, 0.1) is 0 Å². The van der Waals surface area contributed by atoms with Gasteiger partial charge in [-0.25, -0.2) is 9.59 Å². The summed E-state index contributed by atoms with van der Waals surface area (Å²) in [5.41, 5.74) is 1.61. The van der Waals surface area contributed by atoms with Gasteiger partial charge in [0.05, 0.1) is 13.2 Å². The number of carbonyl (C=O) groups excluding carboxylic acids is 2. The van der Waals surface area contributed by atoms with Crippen molar-refractivity contribution in [3.05, 3.63) is 23.5 Å². The third kappa shape index (κ3) is 14.3. The van der Waals surface area contributed by atoms with Crippen molar-refractivity contribution in [2.24, 2.45) is 0 Å². The highest BCUT2D eigenvalue weighted by molar-refractivity contribution is 8.76. The molecule has 24 heavy (non-hydrogen) atoms. The van der Waals surface area contributed by atoms with E-state index in [4.69, 9.17) is 9.47 Å². The molecular weight excluding hydrogens is 348 g/mol. The number of allylic oxidation sites excluding steroid dienone is 2. The lowest BCUT2D eigenvalue weighted by atomic mass is 10.4. The van der Waals surface area contributed by atoms with E-state index in [2.05, 4.69) is 10.6 Å². The largest absolute Gasteiger partial charge is 0.463 e. The molecule has 0 saturated heterocycles. The average molecular weight is 377 g/mol. The van der Waals surface area contributed by atoms with Crippen LogP contribution in [0.2, 0.25) is 0 Å². The summed E-state index contributed by atoms with van der Waals surface area (Å²) in [4.78, 5) is 22.5. The number of rotatable bonds is 13. The molecule has 0 aliphatic heterocycles. The number of carbonyl (C=O) groups is 2. The van der Waals surface area contributed by atoms with E-state index < -0.39 is 0 Å². The first kappa shape index (κ1) is 22.7. The molecule has 0 spiro atoms. The van der Waals surface area contributed by atoms with Gasteiger partial charge in [0.15, 0.2) is 0 Å². The van der Waals surface area contributed by atoms with Crippen molar-refractivity contribution < 1.29 is 19.1 Å². The van der Waals surface area contributed by atoms with Crippen LogP contribution < -0.4 is 10.6 Å². The minimum atomic E-state index is -0.318. The molecule has 0 atom stereocenters. The molecular formula is C16H28N2O4S2. The second-order valence-electron chi connectivity index (χ2n) is 4.66. The van der Waals surface area contributed by atoms with Gasteiger partial charge in [0, 0.05) is 48.1 Å². The zero-order valence-electron chi connectivity index (χ0n) is 14.8. The second-order valence-corrected chi connectivity index (χ2v) is 7.36. The van der Waals surface area contributed by atoms with Crippen LogP contribution in [0.1, 0.15) is 27.7 Å². The summed E-state index contributed by atoms with van der Waals surface area (Å²) in [5, 5.41) is 6.33. The van der Waals surface area contributed by atoms with Crippen LogP contribution >= 0.6 is 21.6 Å². The number of ether oxygens (including phenoxy) is 2. The van der Waals surface area contributed by atoms with Crippen LogP contribution in [0.4, 0.5) is 0 Å². The van der Waals surface area contributed by atoms with Crippen LogP contribution in [0.3, 0.4) is 0 Å². The smallest absolute Gasteiger partial charge is 0.332 e. The van der Waals surface area contributed by atoms with Crippen molar-refractivity contribution in [3.63, 3.8) is 0 Å². The lowest BCUT2D eigenvalue weighted by Crippen LogP contribution is -2.17. The third-order valence-corrected chi connectivity index (χ3v) is 4.91. The molecule has 0 aromatic heterocycles. The van der Waals surface area contributed by atoms with Crippen molar-refractivity contribution in [1.82, 2.24) is 10.6 Å². The molecule has 0 aromatic carbocycles. The summed E-state index contributed by atoms with van der Waals surface area (Å²) in [6.07, 6.45) is 2.92. The first-order valence-corrected chi connectivity index (χ1v) is 10.4. The van der Waals surface area contributed by atoms with Gasteiger partial charge in [-0.15, -0.1) is 0 Å². The van der Waals surface area contributed by atoms with Crippen molar-refractivity contribution in [3.8, 4) is 0 Å². The first-order chi connectivity index (χ1) is 11.5. The zero-order chi connectivity index (χ0) is 18.2. The van der Waals surface area contributed by atoms with Crippen molar-refractivity contribution in [2.75, 3.05) is 37.8 Å². The molecule has 0 amide bonds. The van der Waals surface area contributed by atoms with E-state index in [0.717, 1.165) is 36.0 Å². The van der Waals surface area contributed by atoms with E-state index in [1.165, 1.54) is 12.2 Å². The van der Waals surface area contributed by atoms with E-state index >= 15 is 0 Å². The van der Waals surface area contributed by atoms with Crippen LogP contribution in [-0.4, -0.2) is 49.7 Å². The predicted octanol–water partition coefficient (Wildman–Crippen LogP) is 2.48.